The van der Waals surface area contributed by atoms with Crippen molar-refractivity contribution in [1.29, 1.82) is 0 Å². The fourth-order valence-electron chi connectivity index (χ4n) is 3.49. The molecular formula is C17H24BrNO2. The quantitative estimate of drug-likeness (QED) is 0.895. The molecule has 2 atom stereocenters. The van der Waals surface area contributed by atoms with Crippen molar-refractivity contribution in [2.24, 2.45) is 0 Å². The van der Waals surface area contributed by atoms with E-state index in [0.717, 1.165) is 50.0 Å². The van der Waals surface area contributed by atoms with Crippen LogP contribution >= 0.6 is 15.9 Å². The van der Waals surface area contributed by atoms with Gasteiger partial charge in [0.2, 0.25) is 0 Å². The fourth-order valence-corrected chi connectivity index (χ4v) is 3.90. The molecule has 0 radical (unpaired) electrons. The normalized spacial score (nSPS) is 26.7. The molecule has 3 nitrogen and oxygen atoms in total. The van der Waals surface area contributed by atoms with Crippen LogP contribution in [-0.2, 0) is 9.47 Å². The molecule has 4 heteroatoms. The number of nitrogens with one attached hydrogen (secondary N) is 1. The van der Waals surface area contributed by atoms with Crippen molar-refractivity contribution in [2.45, 2.75) is 50.3 Å². The standard InChI is InChI=1S/C17H24BrNO2/c1-13(14-3-2-4-15(18)11-14)19-16-5-8-21-17(12-16)6-9-20-10-7-17/h2-4,11,13,16,19H,5-10,12H2,1H3/t13-,16?/m0/s1. The maximum Gasteiger partial charge on any atom is 0.0741 e. The monoisotopic (exact) mass is 353 g/mol. The van der Waals surface area contributed by atoms with Crippen LogP contribution in [0.5, 0.6) is 0 Å². The van der Waals surface area contributed by atoms with E-state index in [0.29, 0.717) is 12.1 Å². The molecule has 1 N–H and O–H groups in total. The molecule has 2 aliphatic heterocycles. The van der Waals surface area contributed by atoms with Crippen LogP contribution in [0.3, 0.4) is 0 Å². The van der Waals surface area contributed by atoms with Crippen molar-refractivity contribution in [1.82, 2.24) is 5.32 Å². The van der Waals surface area contributed by atoms with Gasteiger partial charge in [-0.05, 0) is 50.3 Å². The van der Waals surface area contributed by atoms with Gasteiger partial charge in [-0.15, -0.1) is 0 Å². The van der Waals surface area contributed by atoms with Gasteiger partial charge in [0.05, 0.1) is 5.60 Å². The van der Waals surface area contributed by atoms with E-state index in [-0.39, 0.29) is 5.60 Å². The minimum atomic E-state index is 0.0607. The summed E-state index contributed by atoms with van der Waals surface area (Å²) in [5.74, 6) is 0. The zero-order valence-corrected chi connectivity index (χ0v) is 14.2. The molecule has 2 fully saturated rings. The molecule has 0 bridgehead atoms. The van der Waals surface area contributed by atoms with Crippen molar-refractivity contribution in [3.05, 3.63) is 34.3 Å². The molecule has 116 valence electrons. The van der Waals surface area contributed by atoms with Crippen molar-refractivity contribution in [3.63, 3.8) is 0 Å². The first kappa shape index (κ1) is 15.5. The number of hydrogen-bond acceptors (Lipinski definition) is 3. The summed E-state index contributed by atoms with van der Waals surface area (Å²) in [5.41, 5.74) is 1.39. The maximum atomic E-state index is 6.12. The van der Waals surface area contributed by atoms with Crippen LogP contribution in [0.2, 0.25) is 0 Å². The molecule has 1 aromatic carbocycles. The lowest BCUT2D eigenvalue weighted by Gasteiger charge is -2.44. The Morgan fingerprint density at radius 1 is 1.29 bits per heavy atom. The Kier molecular flexibility index (Phi) is 4.99. The molecule has 2 heterocycles. The van der Waals surface area contributed by atoms with Crippen LogP contribution in [0, 0.1) is 0 Å². The Hall–Kier alpha value is -0.420. The Bertz CT molecular complexity index is 468. The third-order valence-corrected chi connectivity index (χ3v) is 5.22. The van der Waals surface area contributed by atoms with E-state index < -0.39 is 0 Å². The smallest absolute Gasteiger partial charge is 0.0741 e. The second kappa shape index (κ2) is 6.78. The van der Waals surface area contributed by atoms with Crippen LogP contribution in [0.1, 0.15) is 44.2 Å². The summed E-state index contributed by atoms with van der Waals surface area (Å²) >= 11 is 3.55. The second-order valence-corrected chi connectivity index (χ2v) is 7.19. The maximum absolute atomic E-state index is 6.12. The van der Waals surface area contributed by atoms with Crippen LogP contribution in [0.25, 0.3) is 0 Å². The van der Waals surface area contributed by atoms with Crippen molar-refractivity contribution in [3.8, 4) is 0 Å². The zero-order valence-electron chi connectivity index (χ0n) is 12.6. The molecule has 1 unspecified atom stereocenters. The van der Waals surface area contributed by atoms with Gasteiger partial charge in [0.25, 0.3) is 0 Å². The molecular weight excluding hydrogens is 330 g/mol. The van der Waals surface area contributed by atoms with Crippen molar-refractivity contribution >= 4 is 15.9 Å². The Balaban J connectivity index is 1.61. The van der Waals surface area contributed by atoms with Gasteiger partial charge in [0.15, 0.2) is 0 Å². The highest BCUT2D eigenvalue weighted by Gasteiger charge is 2.39. The van der Waals surface area contributed by atoms with E-state index in [1.165, 1.54) is 5.56 Å². The summed E-state index contributed by atoms with van der Waals surface area (Å²) in [4.78, 5) is 0. The zero-order chi connectivity index (χ0) is 14.7. The molecule has 3 rings (SSSR count). The van der Waals surface area contributed by atoms with E-state index in [1.807, 2.05) is 0 Å². The summed E-state index contributed by atoms with van der Waals surface area (Å²) in [6.45, 7) is 4.79. The van der Waals surface area contributed by atoms with Gasteiger partial charge in [-0.2, -0.15) is 0 Å². The van der Waals surface area contributed by atoms with Gasteiger partial charge in [-0.3, -0.25) is 0 Å². The van der Waals surface area contributed by atoms with Gasteiger partial charge >= 0.3 is 0 Å². The highest BCUT2D eigenvalue weighted by molar-refractivity contribution is 9.10. The molecule has 0 aromatic heterocycles. The highest BCUT2D eigenvalue weighted by Crippen LogP contribution is 2.35. The van der Waals surface area contributed by atoms with E-state index in [1.54, 1.807) is 0 Å². The summed E-state index contributed by atoms with van der Waals surface area (Å²) < 4.78 is 12.7. The molecule has 1 spiro atoms. The largest absolute Gasteiger partial charge is 0.381 e. The Morgan fingerprint density at radius 3 is 2.86 bits per heavy atom. The summed E-state index contributed by atoms with van der Waals surface area (Å²) in [6.07, 6.45) is 4.28. The number of halogens is 1. The third-order valence-electron chi connectivity index (χ3n) is 4.73. The fraction of sp³-hybridized carbons (Fsp3) is 0.647. The molecule has 2 saturated heterocycles. The first-order chi connectivity index (χ1) is 10.2. The molecule has 2 aliphatic rings. The summed E-state index contributed by atoms with van der Waals surface area (Å²) in [6, 6.07) is 9.45. The second-order valence-electron chi connectivity index (χ2n) is 6.28. The lowest BCUT2D eigenvalue weighted by Crippen LogP contribution is -2.50. The predicted octanol–water partition coefficient (Wildman–Crippen LogP) is 3.83. The molecule has 0 saturated carbocycles. The minimum Gasteiger partial charge on any atom is -0.381 e. The van der Waals surface area contributed by atoms with Gasteiger partial charge < -0.3 is 14.8 Å². The van der Waals surface area contributed by atoms with Crippen LogP contribution in [-0.4, -0.2) is 31.5 Å². The number of rotatable bonds is 3. The summed E-state index contributed by atoms with van der Waals surface area (Å²) in [7, 11) is 0. The van der Waals surface area contributed by atoms with Gasteiger partial charge in [-0.25, -0.2) is 0 Å². The first-order valence-corrected chi connectivity index (χ1v) is 8.69. The highest BCUT2D eigenvalue weighted by atomic mass is 79.9. The van der Waals surface area contributed by atoms with Gasteiger partial charge in [-0.1, -0.05) is 28.1 Å². The van der Waals surface area contributed by atoms with E-state index >= 15 is 0 Å². The topological polar surface area (TPSA) is 30.5 Å². The van der Waals surface area contributed by atoms with Gasteiger partial charge in [0.1, 0.15) is 0 Å². The SMILES string of the molecule is C[C@H](NC1CCOC2(CCOCC2)C1)c1cccc(Br)c1. The van der Waals surface area contributed by atoms with E-state index in [9.17, 15) is 0 Å². The predicted molar refractivity (Wildman–Crippen MR) is 87.5 cm³/mol. The first-order valence-electron chi connectivity index (χ1n) is 7.90. The van der Waals surface area contributed by atoms with Gasteiger partial charge in [0, 0.05) is 36.4 Å². The average molecular weight is 354 g/mol. The number of hydrogen-bond donors (Lipinski definition) is 1. The third kappa shape index (κ3) is 3.86. The van der Waals surface area contributed by atoms with E-state index in [4.69, 9.17) is 9.47 Å². The lowest BCUT2D eigenvalue weighted by atomic mass is 9.83. The molecule has 0 amide bonds. The van der Waals surface area contributed by atoms with Crippen LogP contribution < -0.4 is 5.32 Å². The minimum absolute atomic E-state index is 0.0607. The van der Waals surface area contributed by atoms with E-state index in [2.05, 4.69) is 52.4 Å². The molecule has 21 heavy (non-hydrogen) atoms. The number of ether oxygens (including phenoxy) is 2. The average Bonchev–Trinajstić information content (AvgIpc) is 2.48. The Labute approximate surface area is 135 Å². The lowest BCUT2D eigenvalue weighted by molar-refractivity contribution is -0.140. The van der Waals surface area contributed by atoms with Crippen molar-refractivity contribution in [2.75, 3.05) is 19.8 Å². The van der Waals surface area contributed by atoms with Crippen LogP contribution in [0.15, 0.2) is 28.7 Å². The number of benzene rings is 1. The van der Waals surface area contributed by atoms with Crippen LogP contribution in [0.4, 0.5) is 0 Å². The van der Waals surface area contributed by atoms with Crippen molar-refractivity contribution < 1.29 is 9.47 Å². The molecule has 1 aromatic rings. The Morgan fingerprint density at radius 2 is 2.10 bits per heavy atom. The molecule has 0 aliphatic carbocycles. The summed E-state index contributed by atoms with van der Waals surface area (Å²) in [5, 5.41) is 3.79.